The summed E-state index contributed by atoms with van der Waals surface area (Å²) in [7, 11) is 1.87. The first-order valence-electron chi connectivity index (χ1n) is 10.8. The van der Waals surface area contributed by atoms with Crippen molar-refractivity contribution in [2.45, 2.75) is 65.8 Å². The molecule has 0 radical (unpaired) electrons. The molecule has 2 aromatic heterocycles. The van der Waals surface area contributed by atoms with Crippen LogP contribution in [0.4, 0.5) is 4.39 Å². The summed E-state index contributed by atoms with van der Waals surface area (Å²) in [6.45, 7) is 10.3. The minimum atomic E-state index is -1.03. The topological polar surface area (TPSA) is 109 Å². The van der Waals surface area contributed by atoms with Gasteiger partial charge in [-0.15, -0.1) is 0 Å². The first-order valence-corrected chi connectivity index (χ1v) is 10.8. The summed E-state index contributed by atoms with van der Waals surface area (Å²) in [6, 6.07) is 3.30. The van der Waals surface area contributed by atoms with Crippen molar-refractivity contribution in [2.75, 3.05) is 0 Å². The van der Waals surface area contributed by atoms with Gasteiger partial charge in [0, 0.05) is 19.0 Å². The molecule has 2 atom stereocenters. The Hall–Kier alpha value is -2.88. The average molecular weight is 458 g/mol. The number of hydrogen-bond donors (Lipinski definition) is 3. The number of hydrogen-bond acceptors (Lipinski definition) is 7. The Balaban J connectivity index is 2.08. The van der Waals surface area contributed by atoms with Crippen LogP contribution in [0.1, 0.15) is 75.6 Å². The number of benzene rings is 1. The average Bonchev–Trinajstić information content (AvgIpc) is 3.28. The molecule has 0 spiro atoms. The first kappa shape index (κ1) is 24.8. The number of aliphatic hydroxyl groups is 2. The highest BCUT2D eigenvalue weighted by molar-refractivity contribution is 5.90. The molecule has 8 nitrogen and oxygen atoms in total. The standard InChI is InChI=1S/C24H32FN5O3/c1-13(8-9-14(2)25)18-10-17(22(31)26-15(3)23-27-16(4)29-33-23)11-19-21(18)28-20(30(19)7)12-24(5,6)32/h8-11,15,22,26,31-32H,12H2,1-7H3. The minimum Gasteiger partial charge on any atom is -0.390 e. The van der Waals surface area contributed by atoms with Crippen LogP contribution in [0.25, 0.3) is 16.6 Å². The third-order valence-corrected chi connectivity index (χ3v) is 5.32. The van der Waals surface area contributed by atoms with Gasteiger partial charge < -0.3 is 19.3 Å². The Bertz CT molecular complexity index is 1200. The molecule has 0 aliphatic rings. The molecule has 2 heterocycles. The highest BCUT2D eigenvalue weighted by atomic mass is 19.1. The van der Waals surface area contributed by atoms with Crippen molar-refractivity contribution >= 4 is 16.6 Å². The zero-order valence-corrected chi connectivity index (χ0v) is 20.1. The number of rotatable bonds is 8. The number of nitrogens with one attached hydrogen (secondary N) is 1. The van der Waals surface area contributed by atoms with Crippen LogP contribution in [0.3, 0.4) is 0 Å². The molecule has 3 rings (SSSR count). The number of aromatic nitrogens is 4. The lowest BCUT2D eigenvalue weighted by Gasteiger charge is -2.18. The second-order valence-corrected chi connectivity index (χ2v) is 9.09. The van der Waals surface area contributed by atoms with E-state index in [1.165, 1.54) is 13.0 Å². The second kappa shape index (κ2) is 9.54. The third-order valence-electron chi connectivity index (χ3n) is 5.32. The maximum atomic E-state index is 13.4. The molecule has 0 amide bonds. The summed E-state index contributed by atoms with van der Waals surface area (Å²) in [6.07, 6.45) is 2.40. The van der Waals surface area contributed by atoms with E-state index in [0.29, 0.717) is 35.0 Å². The molecule has 0 fully saturated rings. The second-order valence-electron chi connectivity index (χ2n) is 9.09. The van der Waals surface area contributed by atoms with E-state index < -0.39 is 11.8 Å². The summed E-state index contributed by atoms with van der Waals surface area (Å²) < 4.78 is 20.5. The van der Waals surface area contributed by atoms with E-state index in [2.05, 4.69) is 15.5 Å². The van der Waals surface area contributed by atoms with E-state index in [0.717, 1.165) is 16.7 Å². The van der Waals surface area contributed by atoms with Crippen molar-refractivity contribution < 1.29 is 19.1 Å². The Kier molecular flexibility index (Phi) is 7.16. The number of allylic oxidation sites excluding steroid dienone is 4. The highest BCUT2D eigenvalue weighted by Crippen LogP contribution is 2.31. The first-order chi connectivity index (χ1) is 15.4. The van der Waals surface area contributed by atoms with E-state index in [1.54, 1.807) is 26.8 Å². The van der Waals surface area contributed by atoms with Crippen LogP contribution in [0, 0.1) is 6.92 Å². The van der Waals surface area contributed by atoms with Crippen LogP contribution in [0.15, 0.2) is 34.6 Å². The summed E-state index contributed by atoms with van der Waals surface area (Å²) in [4.78, 5) is 8.97. The molecule has 0 saturated carbocycles. The molecule has 33 heavy (non-hydrogen) atoms. The van der Waals surface area contributed by atoms with Gasteiger partial charge in [-0.05, 0) is 70.9 Å². The number of aliphatic hydroxyl groups excluding tert-OH is 1. The molecule has 2 unspecified atom stereocenters. The van der Waals surface area contributed by atoms with E-state index >= 15 is 0 Å². The number of fused-ring (bicyclic) bond motifs is 1. The van der Waals surface area contributed by atoms with Crippen molar-refractivity contribution in [1.82, 2.24) is 25.0 Å². The van der Waals surface area contributed by atoms with Crippen molar-refractivity contribution in [2.24, 2.45) is 7.05 Å². The molecule has 3 aromatic rings. The fraction of sp³-hybridized carbons (Fsp3) is 0.458. The zero-order chi connectivity index (χ0) is 24.5. The number of nitrogens with zero attached hydrogens (tertiary/aromatic N) is 4. The van der Waals surface area contributed by atoms with Crippen LogP contribution in [0.5, 0.6) is 0 Å². The van der Waals surface area contributed by atoms with Gasteiger partial charge in [0.05, 0.1) is 28.5 Å². The fourth-order valence-corrected chi connectivity index (χ4v) is 3.58. The van der Waals surface area contributed by atoms with Crippen molar-refractivity contribution in [3.05, 3.63) is 58.8 Å². The molecule has 178 valence electrons. The van der Waals surface area contributed by atoms with E-state index in [-0.39, 0.29) is 11.9 Å². The molecule has 0 aliphatic carbocycles. The predicted octanol–water partition coefficient (Wildman–Crippen LogP) is 4.20. The fourth-order valence-electron chi connectivity index (χ4n) is 3.58. The highest BCUT2D eigenvalue weighted by Gasteiger charge is 2.23. The summed E-state index contributed by atoms with van der Waals surface area (Å²) in [5, 5.41) is 28.1. The van der Waals surface area contributed by atoms with Gasteiger partial charge in [-0.2, -0.15) is 4.98 Å². The van der Waals surface area contributed by atoms with E-state index in [4.69, 9.17) is 9.51 Å². The van der Waals surface area contributed by atoms with Gasteiger partial charge in [0.2, 0.25) is 5.89 Å². The monoisotopic (exact) mass is 457 g/mol. The third kappa shape index (κ3) is 5.93. The molecule has 0 aliphatic heterocycles. The number of aryl methyl sites for hydroxylation is 2. The van der Waals surface area contributed by atoms with Crippen molar-refractivity contribution in [3.63, 3.8) is 0 Å². The van der Waals surface area contributed by atoms with Crippen molar-refractivity contribution in [1.29, 1.82) is 0 Å². The van der Waals surface area contributed by atoms with E-state index in [1.807, 2.05) is 37.6 Å². The van der Waals surface area contributed by atoms with Gasteiger partial charge in [-0.1, -0.05) is 11.2 Å². The largest absolute Gasteiger partial charge is 0.390 e. The summed E-state index contributed by atoms with van der Waals surface area (Å²) in [5.74, 6) is 1.29. The van der Waals surface area contributed by atoms with Crippen LogP contribution in [-0.4, -0.2) is 35.5 Å². The smallest absolute Gasteiger partial charge is 0.243 e. The van der Waals surface area contributed by atoms with Gasteiger partial charge in [-0.25, -0.2) is 9.37 Å². The minimum absolute atomic E-state index is 0.309. The molecule has 9 heteroatoms. The Labute approximate surface area is 192 Å². The van der Waals surface area contributed by atoms with Crippen molar-refractivity contribution in [3.8, 4) is 0 Å². The SMILES string of the molecule is CC(F)=CC=C(C)c1cc(C(O)NC(C)c2nc(C)no2)cc2c1nc(CC(C)(C)O)n2C. The van der Waals surface area contributed by atoms with Gasteiger partial charge in [0.1, 0.15) is 12.1 Å². The number of imidazole rings is 1. The van der Waals surface area contributed by atoms with Crippen LogP contribution in [-0.2, 0) is 13.5 Å². The zero-order valence-electron chi connectivity index (χ0n) is 20.1. The Morgan fingerprint density at radius 2 is 1.97 bits per heavy atom. The van der Waals surface area contributed by atoms with Crippen LogP contribution in [0.2, 0.25) is 0 Å². The van der Waals surface area contributed by atoms with Gasteiger partial charge in [-0.3, -0.25) is 5.32 Å². The molecule has 3 N–H and O–H groups in total. The Morgan fingerprint density at radius 3 is 2.55 bits per heavy atom. The lowest BCUT2D eigenvalue weighted by atomic mass is 10.0. The molecule has 0 bridgehead atoms. The predicted molar refractivity (Wildman–Crippen MR) is 125 cm³/mol. The maximum absolute atomic E-state index is 13.4. The summed E-state index contributed by atoms with van der Waals surface area (Å²) in [5.41, 5.74) is 2.73. The van der Waals surface area contributed by atoms with Crippen LogP contribution >= 0.6 is 0 Å². The molecular weight excluding hydrogens is 425 g/mol. The van der Waals surface area contributed by atoms with Gasteiger partial charge in [0.25, 0.3) is 0 Å². The quantitative estimate of drug-likeness (QED) is 0.344. The lowest BCUT2D eigenvalue weighted by molar-refractivity contribution is 0.0782. The summed E-state index contributed by atoms with van der Waals surface area (Å²) >= 11 is 0. The number of halogens is 1. The van der Waals surface area contributed by atoms with Crippen LogP contribution < -0.4 is 5.32 Å². The maximum Gasteiger partial charge on any atom is 0.243 e. The molecular formula is C24H32FN5O3. The molecule has 0 saturated heterocycles. The Morgan fingerprint density at radius 1 is 1.27 bits per heavy atom. The molecule has 1 aromatic carbocycles. The van der Waals surface area contributed by atoms with E-state index in [9.17, 15) is 14.6 Å². The van der Waals surface area contributed by atoms with Gasteiger partial charge >= 0.3 is 0 Å². The normalized spacial score (nSPS) is 15.3. The van der Waals surface area contributed by atoms with Gasteiger partial charge in [0.15, 0.2) is 5.82 Å². The lowest BCUT2D eigenvalue weighted by Crippen LogP contribution is -2.25.